The van der Waals surface area contributed by atoms with Crippen LogP contribution in [0, 0.1) is 0 Å². The molecule has 2 aromatic carbocycles. The molecule has 0 fully saturated rings. The molecule has 2 amide bonds. The lowest BCUT2D eigenvalue weighted by Gasteiger charge is -2.05. The van der Waals surface area contributed by atoms with Crippen LogP contribution in [0.2, 0.25) is 0 Å². The number of rotatable bonds is 5. The average molecular weight is 406 g/mol. The first kappa shape index (κ1) is 18.5. The monoisotopic (exact) mass is 405 g/mol. The summed E-state index contributed by atoms with van der Waals surface area (Å²) in [5.41, 5.74) is 3.37. The van der Waals surface area contributed by atoms with Gasteiger partial charge in [-0.25, -0.2) is 5.43 Å². The van der Waals surface area contributed by atoms with Crippen LogP contribution in [0.4, 0.5) is 5.69 Å². The zero-order chi connectivity index (χ0) is 18.2. The van der Waals surface area contributed by atoms with E-state index < -0.39 is 11.8 Å². The number of hydrogen-bond acceptors (Lipinski definition) is 5. The van der Waals surface area contributed by atoms with Crippen molar-refractivity contribution in [3.63, 3.8) is 0 Å². The molecule has 0 unspecified atom stereocenters. The minimum atomic E-state index is -0.875. The van der Waals surface area contributed by atoms with Gasteiger partial charge in [-0.3, -0.25) is 9.59 Å². The average Bonchev–Trinajstić information content (AvgIpc) is 2.62. The number of nitrogens with zero attached hydrogens (tertiary/aromatic N) is 1. The lowest BCUT2D eigenvalue weighted by Crippen LogP contribution is -2.32. The third-order valence-corrected chi connectivity index (χ3v) is 3.73. The molecule has 0 atom stereocenters. The molecule has 0 saturated carbocycles. The van der Waals surface area contributed by atoms with Gasteiger partial charge >= 0.3 is 11.8 Å². The van der Waals surface area contributed by atoms with Gasteiger partial charge in [0, 0.05) is 5.69 Å². The van der Waals surface area contributed by atoms with Gasteiger partial charge in [0.1, 0.15) is 11.5 Å². The summed E-state index contributed by atoms with van der Waals surface area (Å²) in [7, 11) is 3.11. The molecule has 0 bridgehead atoms. The Morgan fingerprint density at radius 3 is 2.36 bits per heavy atom. The number of carbonyl (C=O) groups excluding carboxylic acids is 2. The van der Waals surface area contributed by atoms with E-state index in [2.05, 4.69) is 31.8 Å². The Bertz CT molecular complexity index is 791. The van der Waals surface area contributed by atoms with E-state index in [4.69, 9.17) is 9.47 Å². The number of methoxy groups -OCH3 is 2. The van der Waals surface area contributed by atoms with Gasteiger partial charge < -0.3 is 14.8 Å². The first-order chi connectivity index (χ1) is 12.0. The third kappa shape index (κ3) is 5.32. The molecule has 0 aliphatic rings. The molecule has 8 heteroatoms. The van der Waals surface area contributed by atoms with Gasteiger partial charge in [-0.1, -0.05) is 0 Å². The Morgan fingerprint density at radius 2 is 1.76 bits per heavy atom. The second kappa shape index (κ2) is 8.84. The predicted molar refractivity (Wildman–Crippen MR) is 98.1 cm³/mol. The van der Waals surface area contributed by atoms with Crippen LogP contribution < -0.4 is 20.2 Å². The number of hydrogen-bond donors (Lipinski definition) is 2. The van der Waals surface area contributed by atoms with Gasteiger partial charge in [0.15, 0.2) is 0 Å². The molecule has 130 valence electrons. The fraction of sp³-hybridized carbons (Fsp3) is 0.118. The SMILES string of the molecule is COc1ccc(NC(=O)C(=O)N/N=C\c2ccc(OC)c(Br)c2)cc1. The zero-order valence-electron chi connectivity index (χ0n) is 13.6. The topological polar surface area (TPSA) is 89.0 Å². The second-order valence-electron chi connectivity index (χ2n) is 4.78. The van der Waals surface area contributed by atoms with E-state index in [9.17, 15) is 9.59 Å². The van der Waals surface area contributed by atoms with Crippen molar-refractivity contribution in [3.05, 3.63) is 52.5 Å². The normalized spacial score (nSPS) is 10.4. The van der Waals surface area contributed by atoms with Gasteiger partial charge in [0.2, 0.25) is 0 Å². The molecule has 2 N–H and O–H groups in total. The second-order valence-corrected chi connectivity index (χ2v) is 5.63. The van der Waals surface area contributed by atoms with Gasteiger partial charge in [0.05, 0.1) is 24.9 Å². The van der Waals surface area contributed by atoms with Crippen LogP contribution in [0.3, 0.4) is 0 Å². The summed E-state index contributed by atoms with van der Waals surface area (Å²) in [4.78, 5) is 23.5. The third-order valence-electron chi connectivity index (χ3n) is 3.11. The Labute approximate surface area is 153 Å². The number of carbonyl (C=O) groups is 2. The highest BCUT2D eigenvalue weighted by molar-refractivity contribution is 9.10. The summed E-state index contributed by atoms with van der Waals surface area (Å²) in [6.07, 6.45) is 1.42. The maximum atomic E-state index is 11.8. The fourth-order valence-corrected chi connectivity index (χ4v) is 2.40. The van der Waals surface area contributed by atoms with E-state index in [-0.39, 0.29) is 0 Å². The lowest BCUT2D eigenvalue weighted by atomic mass is 10.2. The summed E-state index contributed by atoms with van der Waals surface area (Å²) in [5, 5.41) is 6.22. The number of anilines is 1. The Morgan fingerprint density at radius 1 is 1.04 bits per heavy atom. The van der Waals surface area contributed by atoms with Crippen LogP contribution in [0.5, 0.6) is 11.5 Å². The molecule has 0 saturated heterocycles. The summed E-state index contributed by atoms with van der Waals surface area (Å²) in [5.74, 6) is -0.365. The van der Waals surface area contributed by atoms with Crippen molar-refractivity contribution in [2.75, 3.05) is 19.5 Å². The summed E-state index contributed by atoms with van der Waals surface area (Å²) in [6.45, 7) is 0. The molecule has 25 heavy (non-hydrogen) atoms. The number of nitrogens with one attached hydrogen (secondary N) is 2. The smallest absolute Gasteiger partial charge is 0.329 e. The van der Waals surface area contributed by atoms with Crippen LogP contribution in [0.15, 0.2) is 52.0 Å². The Kier molecular flexibility index (Phi) is 6.53. The summed E-state index contributed by atoms with van der Waals surface area (Å²) >= 11 is 3.35. The van der Waals surface area contributed by atoms with E-state index in [1.165, 1.54) is 6.21 Å². The molecule has 0 aliphatic carbocycles. The molecule has 2 rings (SSSR count). The van der Waals surface area contributed by atoms with Crippen LogP contribution in [-0.2, 0) is 9.59 Å². The van der Waals surface area contributed by atoms with Crippen molar-refractivity contribution in [3.8, 4) is 11.5 Å². The number of hydrazone groups is 1. The van der Waals surface area contributed by atoms with Crippen LogP contribution >= 0.6 is 15.9 Å². The minimum Gasteiger partial charge on any atom is -0.497 e. The molecule has 0 aromatic heterocycles. The Balaban J connectivity index is 1.90. The molecule has 0 heterocycles. The van der Waals surface area contributed by atoms with Crippen LogP contribution in [-0.4, -0.2) is 32.2 Å². The van der Waals surface area contributed by atoms with Crippen molar-refractivity contribution >= 4 is 39.6 Å². The first-order valence-corrected chi connectivity index (χ1v) is 7.94. The molecule has 7 nitrogen and oxygen atoms in total. The molecule has 0 spiro atoms. The number of halogens is 1. The van der Waals surface area contributed by atoms with Crippen molar-refractivity contribution in [1.29, 1.82) is 0 Å². The molecule has 0 radical (unpaired) electrons. The molecule has 0 aliphatic heterocycles. The highest BCUT2D eigenvalue weighted by Crippen LogP contribution is 2.24. The van der Waals surface area contributed by atoms with E-state index >= 15 is 0 Å². The van der Waals surface area contributed by atoms with Gasteiger partial charge in [-0.2, -0.15) is 5.10 Å². The predicted octanol–water partition coefficient (Wildman–Crippen LogP) is 2.56. The molecular formula is C17H16BrN3O4. The van der Waals surface area contributed by atoms with E-state index in [0.29, 0.717) is 17.2 Å². The largest absolute Gasteiger partial charge is 0.497 e. The quantitative estimate of drug-likeness (QED) is 0.454. The van der Waals surface area contributed by atoms with E-state index in [0.717, 1.165) is 10.0 Å². The van der Waals surface area contributed by atoms with Crippen LogP contribution in [0.1, 0.15) is 5.56 Å². The number of benzene rings is 2. The first-order valence-electron chi connectivity index (χ1n) is 7.15. The molecular weight excluding hydrogens is 390 g/mol. The van der Waals surface area contributed by atoms with Crippen molar-refractivity contribution in [2.45, 2.75) is 0 Å². The number of ether oxygens (including phenoxy) is 2. The van der Waals surface area contributed by atoms with Gasteiger partial charge in [-0.05, 0) is 64.0 Å². The van der Waals surface area contributed by atoms with E-state index in [1.807, 2.05) is 0 Å². The van der Waals surface area contributed by atoms with Gasteiger partial charge in [-0.15, -0.1) is 0 Å². The van der Waals surface area contributed by atoms with Crippen molar-refractivity contribution in [2.24, 2.45) is 5.10 Å². The summed E-state index contributed by atoms with van der Waals surface area (Å²) in [6, 6.07) is 11.9. The summed E-state index contributed by atoms with van der Waals surface area (Å²) < 4.78 is 10.9. The number of amides is 2. The highest BCUT2D eigenvalue weighted by atomic mass is 79.9. The maximum absolute atomic E-state index is 11.8. The van der Waals surface area contributed by atoms with Gasteiger partial charge in [0.25, 0.3) is 0 Å². The van der Waals surface area contributed by atoms with E-state index in [1.54, 1.807) is 56.7 Å². The zero-order valence-corrected chi connectivity index (χ0v) is 15.2. The highest BCUT2D eigenvalue weighted by Gasteiger charge is 2.12. The lowest BCUT2D eigenvalue weighted by molar-refractivity contribution is -0.136. The Hall–Kier alpha value is -2.87. The van der Waals surface area contributed by atoms with Crippen molar-refractivity contribution in [1.82, 2.24) is 5.43 Å². The standard InChI is InChI=1S/C17H16BrN3O4/c1-24-13-6-4-12(5-7-13)20-16(22)17(23)21-19-10-11-3-8-15(25-2)14(18)9-11/h3-10H,1-2H3,(H,20,22)(H,21,23)/b19-10-. The maximum Gasteiger partial charge on any atom is 0.329 e. The fourth-order valence-electron chi connectivity index (χ4n) is 1.84. The molecule has 2 aromatic rings. The van der Waals surface area contributed by atoms with Crippen LogP contribution in [0.25, 0.3) is 0 Å². The van der Waals surface area contributed by atoms with Crippen molar-refractivity contribution < 1.29 is 19.1 Å². The minimum absolute atomic E-state index is 0.476.